The Balaban J connectivity index is 1.23. The van der Waals surface area contributed by atoms with Gasteiger partial charge >= 0.3 is 0 Å². The lowest BCUT2D eigenvalue weighted by Gasteiger charge is -2.35. The van der Waals surface area contributed by atoms with Gasteiger partial charge in [0.25, 0.3) is 0 Å². The summed E-state index contributed by atoms with van der Waals surface area (Å²) in [6.07, 6.45) is 14.9. The first-order valence-corrected chi connectivity index (χ1v) is 15.2. The normalized spacial score (nSPS) is 18.5. The summed E-state index contributed by atoms with van der Waals surface area (Å²) < 4.78 is 2.27. The molecule has 4 aromatic heterocycles. The van der Waals surface area contributed by atoms with Gasteiger partial charge in [-0.2, -0.15) is 0 Å². The highest BCUT2D eigenvalue weighted by atomic mass is 15.0. The first-order valence-electron chi connectivity index (χ1n) is 15.2. The molecule has 0 radical (unpaired) electrons. The van der Waals surface area contributed by atoms with Gasteiger partial charge in [-0.1, -0.05) is 72.8 Å². The minimum Gasteiger partial charge on any atom is -0.294 e. The fourth-order valence-electron chi connectivity index (χ4n) is 8.35. The lowest BCUT2D eigenvalue weighted by Crippen LogP contribution is -2.33. The smallest absolute Gasteiger partial charge is 0.145 e. The van der Waals surface area contributed by atoms with E-state index in [1.54, 1.807) is 0 Å². The van der Waals surface area contributed by atoms with Crippen LogP contribution in [-0.2, 0) is 5.41 Å². The number of benzene rings is 3. The number of rotatable bonds is 2. The van der Waals surface area contributed by atoms with E-state index >= 15 is 0 Å². The van der Waals surface area contributed by atoms with Crippen LogP contribution in [0.3, 0.4) is 0 Å². The Labute approximate surface area is 254 Å². The molecule has 1 spiro atoms. The molecule has 0 aliphatic heterocycles. The van der Waals surface area contributed by atoms with E-state index in [0.717, 1.165) is 33.6 Å². The van der Waals surface area contributed by atoms with Crippen LogP contribution < -0.4 is 0 Å². The zero-order chi connectivity index (χ0) is 28.8. The molecule has 10 rings (SSSR count). The number of pyridine rings is 3. The van der Waals surface area contributed by atoms with E-state index in [1.165, 1.54) is 38.8 Å². The zero-order valence-electron chi connectivity index (χ0n) is 23.8. The Morgan fingerprint density at radius 1 is 0.568 bits per heavy atom. The number of fused-ring (bicyclic) bond motifs is 13. The van der Waals surface area contributed by atoms with Gasteiger partial charge in [-0.15, -0.1) is 0 Å². The molecule has 3 aromatic carbocycles. The van der Waals surface area contributed by atoms with Crippen molar-refractivity contribution in [1.82, 2.24) is 19.5 Å². The molecule has 2 atom stereocenters. The quantitative estimate of drug-likeness (QED) is 0.212. The lowest BCUT2D eigenvalue weighted by atomic mass is 9.66. The van der Waals surface area contributed by atoms with Crippen LogP contribution in [0, 0.1) is 5.92 Å². The molecule has 0 bridgehead atoms. The van der Waals surface area contributed by atoms with Crippen molar-refractivity contribution in [3.05, 3.63) is 168 Å². The molecule has 206 valence electrons. The molecule has 0 amide bonds. The maximum atomic E-state index is 4.89. The molecule has 7 aromatic rings. The van der Waals surface area contributed by atoms with Crippen molar-refractivity contribution in [2.24, 2.45) is 5.92 Å². The second kappa shape index (κ2) is 8.71. The highest BCUT2D eigenvalue weighted by Gasteiger charge is 2.58. The summed E-state index contributed by atoms with van der Waals surface area (Å²) in [6.45, 7) is 0. The van der Waals surface area contributed by atoms with Gasteiger partial charge in [0.2, 0.25) is 0 Å². The van der Waals surface area contributed by atoms with Crippen molar-refractivity contribution in [3.63, 3.8) is 0 Å². The van der Waals surface area contributed by atoms with Gasteiger partial charge in [-0.25, -0.2) is 4.98 Å². The maximum absolute atomic E-state index is 4.89. The first kappa shape index (κ1) is 23.9. The van der Waals surface area contributed by atoms with Crippen molar-refractivity contribution < 1.29 is 0 Å². The van der Waals surface area contributed by atoms with Gasteiger partial charge in [0.15, 0.2) is 0 Å². The summed E-state index contributed by atoms with van der Waals surface area (Å²) in [5.74, 6) is 0.546. The highest BCUT2D eigenvalue weighted by Crippen LogP contribution is 2.64. The lowest BCUT2D eigenvalue weighted by molar-refractivity contribution is 0.464. The second-order valence-corrected chi connectivity index (χ2v) is 12.0. The van der Waals surface area contributed by atoms with Crippen LogP contribution in [0.1, 0.15) is 28.2 Å². The number of hydrogen-bond donors (Lipinski definition) is 0. The van der Waals surface area contributed by atoms with E-state index in [2.05, 4.69) is 126 Å². The fourth-order valence-corrected chi connectivity index (χ4v) is 8.35. The van der Waals surface area contributed by atoms with Gasteiger partial charge < -0.3 is 0 Å². The molecule has 44 heavy (non-hydrogen) atoms. The first-order chi connectivity index (χ1) is 21.8. The van der Waals surface area contributed by atoms with Crippen molar-refractivity contribution >= 4 is 21.9 Å². The summed E-state index contributed by atoms with van der Waals surface area (Å²) in [4.78, 5) is 14.6. The SMILES string of the molecule is C1=CC2c3ccc(-c4ccc5c(c4)c4cccnc4n5-c4ccccc4)cc3C3(c4cccnc4-c4ncccc43)C2C=C1. The Bertz CT molecular complexity index is 2320. The Morgan fingerprint density at radius 3 is 2.09 bits per heavy atom. The molecule has 0 N–H and O–H groups in total. The van der Waals surface area contributed by atoms with Crippen molar-refractivity contribution in [3.8, 4) is 28.2 Å². The molecular weight excluding hydrogens is 536 g/mol. The van der Waals surface area contributed by atoms with Crippen LogP contribution in [0.15, 0.2) is 146 Å². The molecule has 2 unspecified atom stereocenters. The van der Waals surface area contributed by atoms with Gasteiger partial charge in [-0.05, 0) is 88.0 Å². The molecule has 0 saturated heterocycles. The average molecular weight is 563 g/mol. The van der Waals surface area contributed by atoms with E-state index in [1.807, 2.05) is 24.7 Å². The molecule has 4 heteroatoms. The third kappa shape index (κ3) is 2.95. The fraction of sp³-hybridized carbons (Fsp3) is 0.0750. The summed E-state index contributed by atoms with van der Waals surface area (Å²) in [6, 6.07) is 37.4. The number of nitrogens with zero attached hydrogens (tertiary/aromatic N) is 4. The summed E-state index contributed by atoms with van der Waals surface area (Å²) in [5.41, 5.74) is 12.6. The topological polar surface area (TPSA) is 43.6 Å². The highest BCUT2D eigenvalue weighted by molar-refractivity contribution is 6.09. The predicted octanol–water partition coefficient (Wildman–Crippen LogP) is 8.79. The Hall–Kier alpha value is -5.61. The number of allylic oxidation sites excluding steroid dienone is 4. The van der Waals surface area contributed by atoms with Crippen molar-refractivity contribution in [2.75, 3.05) is 0 Å². The number of hydrogen-bond acceptors (Lipinski definition) is 3. The van der Waals surface area contributed by atoms with Crippen molar-refractivity contribution in [2.45, 2.75) is 11.3 Å². The third-order valence-corrected chi connectivity index (χ3v) is 10.0. The summed E-state index contributed by atoms with van der Waals surface area (Å²) in [5, 5.41) is 2.36. The van der Waals surface area contributed by atoms with E-state index in [4.69, 9.17) is 15.0 Å². The zero-order valence-corrected chi connectivity index (χ0v) is 23.8. The minimum absolute atomic E-state index is 0.253. The van der Waals surface area contributed by atoms with Gasteiger partial charge in [0.05, 0.1) is 22.3 Å². The standard InChI is InChI=1S/C40H26N4/c1-2-9-27(10-3-1)44-36-19-17-25(23-31(36)30-12-6-22-43-39(30)44)26-16-18-29-28-11-4-5-13-32(28)40(35(29)24-26)33-14-7-20-41-37(33)38-34(40)15-8-21-42-38/h1-24,28,32H. The largest absolute Gasteiger partial charge is 0.294 e. The van der Waals surface area contributed by atoms with Gasteiger partial charge in [0, 0.05) is 46.9 Å². The van der Waals surface area contributed by atoms with Crippen LogP contribution in [0.2, 0.25) is 0 Å². The molecular formula is C40H26N4. The molecule has 0 fully saturated rings. The monoisotopic (exact) mass is 562 g/mol. The molecule has 3 aliphatic rings. The molecule has 4 nitrogen and oxygen atoms in total. The summed E-state index contributed by atoms with van der Waals surface area (Å²) >= 11 is 0. The third-order valence-electron chi connectivity index (χ3n) is 10.0. The van der Waals surface area contributed by atoms with Crippen molar-refractivity contribution in [1.29, 1.82) is 0 Å². The van der Waals surface area contributed by atoms with Crippen LogP contribution >= 0.6 is 0 Å². The van der Waals surface area contributed by atoms with E-state index < -0.39 is 0 Å². The van der Waals surface area contributed by atoms with Crippen LogP contribution in [0.5, 0.6) is 0 Å². The van der Waals surface area contributed by atoms with E-state index in [0.29, 0.717) is 5.92 Å². The second-order valence-electron chi connectivity index (χ2n) is 12.0. The predicted molar refractivity (Wildman–Crippen MR) is 176 cm³/mol. The number of aromatic nitrogens is 4. The van der Waals surface area contributed by atoms with Gasteiger partial charge in [0.1, 0.15) is 5.65 Å². The average Bonchev–Trinajstić information content (AvgIpc) is 3.70. The van der Waals surface area contributed by atoms with Crippen LogP contribution in [0.4, 0.5) is 0 Å². The molecule has 3 aliphatic carbocycles. The van der Waals surface area contributed by atoms with Gasteiger partial charge in [-0.3, -0.25) is 14.5 Å². The molecule has 0 saturated carbocycles. The Morgan fingerprint density at radius 2 is 1.27 bits per heavy atom. The summed E-state index contributed by atoms with van der Waals surface area (Å²) in [7, 11) is 0. The minimum atomic E-state index is -0.345. The van der Waals surface area contributed by atoms with Crippen LogP contribution in [-0.4, -0.2) is 19.5 Å². The van der Waals surface area contributed by atoms with E-state index in [9.17, 15) is 0 Å². The maximum Gasteiger partial charge on any atom is 0.145 e. The van der Waals surface area contributed by atoms with E-state index in [-0.39, 0.29) is 11.3 Å². The van der Waals surface area contributed by atoms with Crippen LogP contribution in [0.25, 0.3) is 50.1 Å². The molecule has 4 heterocycles. The Kier molecular flexibility index (Phi) is 4.73. The number of para-hydroxylation sites is 1.